The van der Waals surface area contributed by atoms with Crippen LogP contribution in [0.1, 0.15) is 20.3 Å². The summed E-state index contributed by atoms with van der Waals surface area (Å²) in [5.74, 6) is 0.0212. The average molecular weight is 157 g/mol. The van der Waals surface area contributed by atoms with Gasteiger partial charge in [-0.1, -0.05) is 6.92 Å². The predicted molar refractivity (Wildman–Crippen MR) is 42.2 cm³/mol. The minimum atomic E-state index is -0.0582. The zero-order chi connectivity index (χ0) is 8.43. The maximum atomic E-state index is 11.0. The molecule has 1 heterocycles. The zero-order valence-corrected chi connectivity index (χ0v) is 7.26. The van der Waals surface area contributed by atoms with Gasteiger partial charge < -0.3 is 10.1 Å². The summed E-state index contributed by atoms with van der Waals surface area (Å²) in [5.41, 5.74) is 0. The van der Waals surface area contributed by atoms with Crippen molar-refractivity contribution in [3.63, 3.8) is 0 Å². The molecular formula is C8H15NO2. The summed E-state index contributed by atoms with van der Waals surface area (Å²) in [4.78, 5) is 11.0. The molecule has 0 amide bonds. The Hall–Kier alpha value is -0.570. The number of rotatable bonds is 2. The minimum absolute atomic E-state index is 0.0582. The van der Waals surface area contributed by atoms with E-state index in [2.05, 4.69) is 5.32 Å². The van der Waals surface area contributed by atoms with Crippen LogP contribution in [-0.2, 0) is 9.53 Å². The third-order valence-corrected chi connectivity index (χ3v) is 2.27. The molecule has 0 aromatic heterocycles. The molecule has 3 nitrogen and oxygen atoms in total. The molecule has 0 spiro atoms. The van der Waals surface area contributed by atoms with E-state index in [1.54, 1.807) is 0 Å². The van der Waals surface area contributed by atoms with Crippen LogP contribution in [0.3, 0.4) is 0 Å². The molecule has 1 saturated heterocycles. The molecule has 0 radical (unpaired) electrons. The van der Waals surface area contributed by atoms with Crippen molar-refractivity contribution in [2.45, 2.75) is 32.4 Å². The van der Waals surface area contributed by atoms with Crippen molar-refractivity contribution in [3.05, 3.63) is 0 Å². The van der Waals surface area contributed by atoms with E-state index in [1.165, 1.54) is 0 Å². The molecule has 3 heteroatoms. The maximum Gasteiger partial charge on any atom is 0.309 e. The Labute approximate surface area is 67.1 Å². The number of esters is 1. The third-order valence-electron chi connectivity index (χ3n) is 2.27. The fraction of sp³-hybridized carbons (Fsp3) is 0.875. The minimum Gasteiger partial charge on any atom is -0.460 e. The molecule has 64 valence electrons. The van der Waals surface area contributed by atoms with Gasteiger partial charge in [0, 0.05) is 6.04 Å². The molecule has 1 aliphatic heterocycles. The third kappa shape index (κ3) is 1.71. The zero-order valence-electron chi connectivity index (χ0n) is 7.26. The first kappa shape index (κ1) is 8.53. The molecule has 1 fully saturated rings. The van der Waals surface area contributed by atoms with E-state index >= 15 is 0 Å². The quantitative estimate of drug-likeness (QED) is 0.595. The van der Waals surface area contributed by atoms with Gasteiger partial charge in [-0.3, -0.25) is 4.79 Å². The molecule has 0 aromatic carbocycles. The standard InChI is InChI=1S/C8H15NO2/c1-5-4-7(6(2)9-3)11-8(5)10/h5-7,9H,4H2,1-3H3. The van der Waals surface area contributed by atoms with Crippen molar-refractivity contribution in [2.75, 3.05) is 7.05 Å². The summed E-state index contributed by atoms with van der Waals surface area (Å²) >= 11 is 0. The summed E-state index contributed by atoms with van der Waals surface area (Å²) in [6, 6.07) is 0.267. The van der Waals surface area contributed by atoms with E-state index in [0.29, 0.717) is 0 Å². The number of carbonyl (C=O) groups is 1. The van der Waals surface area contributed by atoms with Crippen LogP contribution in [0.15, 0.2) is 0 Å². The number of hydrogen-bond acceptors (Lipinski definition) is 3. The van der Waals surface area contributed by atoms with E-state index < -0.39 is 0 Å². The van der Waals surface area contributed by atoms with Crippen molar-refractivity contribution in [2.24, 2.45) is 5.92 Å². The first-order valence-corrected chi connectivity index (χ1v) is 4.03. The average Bonchev–Trinajstić information content (AvgIpc) is 2.31. The lowest BCUT2D eigenvalue weighted by molar-refractivity contribution is -0.144. The normalized spacial score (nSPS) is 33.5. The van der Waals surface area contributed by atoms with Gasteiger partial charge in [0.2, 0.25) is 0 Å². The molecular weight excluding hydrogens is 142 g/mol. The van der Waals surface area contributed by atoms with E-state index in [0.717, 1.165) is 6.42 Å². The summed E-state index contributed by atoms with van der Waals surface area (Å²) in [6.07, 6.45) is 0.920. The summed E-state index contributed by atoms with van der Waals surface area (Å²) in [6.45, 7) is 3.93. The van der Waals surface area contributed by atoms with E-state index in [9.17, 15) is 4.79 Å². The summed E-state index contributed by atoms with van der Waals surface area (Å²) < 4.78 is 5.12. The second kappa shape index (κ2) is 3.22. The molecule has 1 N–H and O–H groups in total. The Morgan fingerprint density at radius 3 is 2.73 bits per heavy atom. The Balaban J connectivity index is 2.46. The molecule has 0 aromatic rings. The van der Waals surface area contributed by atoms with Crippen LogP contribution < -0.4 is 5.32 Å². The van der Waals surface area contributed by atoms with Gasteiger partial charge in [-0.15, -0.1) is 0 Å². The van der Waals surface area contributed by atoms with Gasteiger partial charge in [0.25, 0.3) is 0 Å². The van der Waals surface area contributed by atoms with E-state index in [1.807, 2.05) is 20.9 Å². The first-order chi connectivity index (χ1) is 5.15. The van der Waals surface area contributed by atoms with Crippen molar-refractivity contribution in [3.8, 4) is 0 Å². The number of carbonyl (C=O) groups excluding carboxylic acids is 1. The van der Waals surface area contributed by atoms with Gasteiger partial charge in [-0.25, -0.2) is 0 Å². The first-order valence-electron chi connectivity index (χ1n) is 4.03. The SMILES string of the molecule is CNC(C)C1CC(C)C(=O)O1. The monoisotopic (exact) mass is 157 g/mol. The number of likely N-dealkylation sites (N-methyl/N-ethyl adjacent to an activating group) is 1. The lowest BCUT2D eigenvalue weighted by Crippen LogP contribution is -2.34. The lowest BCUT2D eigenvalue weighted by atomic mass is 10.0. The summed E-state index contributed by atoms with van der Waals surface area (Å²) in [7, 11) is 1.88. The molecule has 11 heavy (non-hydrogen) atoms. The van der Waals surface area contributed by atoms with Crippen LogP contribution in [0.4, 0.5) is 0 Å². The Morgan fingerprint density at radius 1 is 1.73 bits per heavy atom. The van der Waals surface area contributed by atoms with Gasteiger partial charge in [-0.05, 0) is 20.4 Å². The highest BCUT2D eigenvalue weighted by Crippen LogP contribution is 2.22. The van der Waals surface area contributed by atoms with Gasteiger partial charge >= 0.3 is 5.97 Å². The summed E-state index contributed by atoms with van der Waals surface area (Å²) in [5, 5.41) is 3.07. The van der Waals surface area contributed by atoms with Crippen LogP contribution in [-0.4, -0.2) is 25.2 Å². The van der Waals surface area contributed by atoms with Crippen molar-refractivity contribution < 1.29 is 9.53 Å². The van der Waals surface area contributed by atoms with Crippen LogP contribution in [0.2, 0.25) is 0 Å². The largest absolute Gasteiger partial charge is 0.460 e. The maximum absolute atomic E-state index is 11.0. The smallest absolute Gasteiger partial charge is 0.309 e. The molecule has 3 unspecified atom stereocenters. The lowest BCUT2D eigenvalue weighted by Gasteiger charge is -2.16. The van der Waals surface area contributed by atoms with Crippen molar-refractivity contribution in [1.29, 1.82) is 0 Å². The molecule has 3 atom stereocenters. The Morgan fingerprint density at radius 2 is 2.36 bits per heavy atom. The van der Waals surface area contributed by atoms with Crippen molar-refractivity contribution >= 4 is 5.97 Å². The van der Waals surface area contributed by atoms with Gasteiger partial charge in [0.15, 0.2) is 0 Å². The van der Waals surface area contributed by atoms with E-state index in [-0.39, 0.29) is 24.0 Å². The van der Waals surface area contributed by atoms with Crippen LogP contribution in [0.5, 0.6) is 0 Å². The number of hydrogen-bond donors (Lipinski definition) is 1. The molecule has 1 aliphatic rings. The number of ether oxygens (including phenoxy) is 1. The Bertz CT molecular complexity index is 158. The highest BCUT2D eigenvalue weighted by molar-refractivity contribution is 5.74. The number of cyclic esters (lactones) is 1. The molecule has 0 aliphatic carbocycles. The highest BCUT2D eigenvalue weighted by atomic mass is 16.6. The second-order valence-corrected chi connectivity index (χ2v) is 3.19. The predicted octanol–water partition coefficient (Wildman–Crippen LogP) is 0.546. The van der Waals surface area contributed by atoms with Crippen LogP contribution in [0, 0.1) is 5.92 Å². The van der Waals surface area contributed by atoms with Gasteiger partial charge in [0.1, 0.15) is 6.10 Å². The second-order valence-electron chi connectivity index (χ2n) is 3.19. The topological polar surface area (TPSA) is 38.3 Å². The van der Waals surface area contributed by atoms with Crippen molar-refractivity contribution in [1.82, 2.24) is 5.32 Å². The Kier molecular flexibility index (Phi) is 2.49. The highest BCUT2D eigenvalue weighted by Gasteiger charge is 2.33. The molecule has 0 saturated carbocycles. The fourth-order valence-corrected chi connectivity index (χ4v) is 1.25. The van der Waals surface area contributed by atoms with Crippen LogP contribution >= 0.6 is 0 Å². The fourth-order valence-electron chi connectivity index (χ4n) is 1.25. The van der Waals surface area contributed by atoms with E-state index in [4.69, 9.17) is 4.74 Å². The van der Waals surface area contributed by atoms with Crippen LogP contribution in [0.25, 0.3) is 0 Å². The number of nitrogens with one attached hydrogen (secondary N) is 1. The molecule has 0 bridgehead atoms. The van der Waals surface area contributed by atoms with Gasteiger partial charge in [-0.2, -0.15) is 0 Å². The molecule has 1 rings (SSSR count). The van der Waals surface area contributed by atoms with Gasteiger partial charge in [0.05, 0.1) is 5.92 Å².